The summed E-state index contributed by atoms with van der Waals surface area (Å²) in [6.07, 6.45) is 9.41. The van der Waals surface area contributed by atoms with Gasteiger partial charge in [-0.15, -0.1) is 0 Å². The van der Waals surface area contributed by atoms with Gasteiger partial charge >= 0.3 is 5.97 Å². The molecule has 0 spiro atoms. The van der Waals surface area contributed by atoms with Crippen molar-refractivity contribution >= 4 is 21.9 Å². The zero-order chi connectivity index (χ0) is 16.0. The molecule has 0 amide bonds. The molecule has 22 heavy (non-hydrogen) atoms. The van der Waals surface area contributed by atoms with Crippen molar-refractivity contribution < 1.29 is 19.3 Å². The van der Waals surface area contributed by atoms with Crippen molar-refractivity contribution in [3.8, 4) is 0 Å². The second-order valence-electron chi connectivity index (χ2n) is 7.73. The van der Waals surface area contributed by atoms with Gasteiger partial charge in [0.15, 0.2) is 5.60 Å². The third kappa shape index (κ3) is 2.87. The first-order valence-corrected chi connectivity index (χ1v) is 9.03. The molecule has 2 fully saturated rings. The summed E-state index contributed by atoms with van der Waals surface area (Å²) < 4.78 is 5.12. The molecule has 124 valence electrons. The Kier molecular flexibility index (Phi) is 4.19. The standard InChI is InChI=1S/C17H25BrO4/c1-12(19)20-11-16-6-8-17(9-7-16,22-21-16)13-4-5-14(18)15(2,3)10-13/h6,8,13-14H,4-5,7,9-11H2,1-3H3/t13-,14-,16-,17+/m0/s1. The van der Waals surface area contributed by atoms with Gasteiger partial charge in [0.25, 0.3) is 0 Å². The van der Waals surface area contributed by atoms with Gasteiger partial charge in [0.2, 0.25) is 0 Å². The molecular formula is C17H25BrO4. The number of fused-ring (bicyclic) bond motifs is 2. The first kappa shape index (κ1) is 16.5. The Balaban J connectivity index is 1.72. The molecule has 0 N–H and O–H groups in total. The van der Waals surface area contributed by atoms with E-state index in [1.807, 2.05) is 0 Å². The van der Waals surface area contributed by atoms with E-state index in [2.05, 4.69) is 41.9 Å². The van der Waals surface area contributed by atoms with E-state index in [1.54, 1.807) is 0 Å². The van der Waals surface area contributed by atoms with E-state index in [0.717, 1.165) is 32.1 Å². The first-order chi connectivity index (χ1) is 10.3. The molecule has 1 saturated carbocycles. The Hall–Kier alpha value is -0.390. The molecule has 1 saturated heterocycles. The number of rotatable bonds is 3. The van der Waals surface area contributed by atoms with E-state index >= 15 is 0 Å². The largest absolute Gasteiger partial charge is 0.462 e. The summed E-state index contributed by atoms with van der Waals surface area (Å²) in [4.78, 5) is 23.2. The van der Waals surface area contributed by atoms with E-state index in [1.165, 1.54) is 6.92 Å². The monoisotopic (exact) mass is 372 g/mol. The maximum atomic E-state index is 11.0. The molecule has 4 atom stereocenters. The zero-order valence-corrected chi connectivity index (χ0v) is 15.1. The third-order valence-corrected chi connectivity index (χ3v) is 7.27. The molecule has 0 aromatic carbocycles. The number of alkyl halides is 1. The number of esters is 1. The molecule has 2 aliphatic carbocycles. The fourth-order valence-electron chi connectivity index (χ4n) is 3.96. The summed E-state index contributed by atoms with van der Waals surface area (Å²) in [6.45, 7) is 6.28. The second-order valence-corrected chi connectivity index (χ2v) is 8.84. The summed E-state index contributed by atoms with van der Waals surface area (Å²) >= 11 is 3.81. The Labute approximate surface area is 140 Å². The molecule has 2 bridgehead atoms. The van der Waals surface area contributed by atoms with Crippen LogP contribution >= 0.6 is 15.9 Å². The van der Waals surface area contributed by atoms with Crippen LogP contribution in [-0.4, -0.2) is 28.6 Å². The molecule has 0 aromatic rings. The normalized spacial score (nSPS) is 43.1. The smallest absolute Gasteiger partial charge is 0.302 e. The number of carbonyl (C=O) groups excluding carboxylic acids is 1. The van der Waals surface area contributed by atoms with E-state index in [4.69, 9.17) is 14.5 Å². The summed E-state index contributed by atoms with van der Waals surface area (Å²) in [5.41, 5.74) is -0.628. The van der Waals surface area contributed by atoms with Gasteiger partial charge in [-0.3, -0.25) is 4.79 Å². The minimum atomic E-state index is -0.588. The van der Waals surface area contributed by atoms with Crippen LogP contribution in [0.4, 0.5) is 0 Å². The molecular weight excluding hydrogens is 348 g/mol. The summed E-state index contributed by atoms with van der Waals surface area (Å²) in [5.74, 6) is 0.186. The Morgan fingerprint density at radius 1 is 1.27 bits per heavy atom. The number of halogens is 1. The highest BCUT2D eigenvalue weighted by Crippen LogP contribution is 2.53. The van der Waals surface area contributed by atoms with Crippen molar-refractivity contribution in [2.24, 2.45) is 11.3 Å². The van der Waals surface area contributed by atoms with Gasteiger partial charge in [0.1, 0.15) is 12.2 Å². The van der Waals surface area contributed by atoms with Crippen LogP contribution in [0.1, 0.15) is 52.9 Å². The summed E-state index contributed by atoms with van der Waals surface area (Å²) in [5, 5.41) is 0. The van der Waals surface area contributed by atoms with E-state index < -0.39 is 5.60 Å². The Morgan fingerprint density at radius 3 is 2.55 bits per heavy atom. The SMILES string of the molecule is CC(=O)OC[C@]12C=C[C@]([C@H]3CC[C@H](Br)C(C)(C)C3)(CC1)OO2. The van der Waals surface area contributed by atoms with Crippen molar-refractivity contribution in [1.29, 1.82) is 0 Å². The molecule has 0 unspecified atom stereocenters. The molecule has 5 heteroatoms. The van der Waals surface area contributed by atoms with Gasteiger partial charge < -0.3 is 4.74 Å². The molecule has 4 aliphatic rings. The lowest BCUT2D eigenvalue weighted by Crippen LogP contribution is -2.56. The number of hydrogen-bond donors (Lipinski definition) is 0. The van der Waals surface area contributed by atoms with Crippen molar-refractivity contribution in [3.63, 3.8) is 0 Å². The predicted molar refractivity (Wildman–Crippen MR) is 86.5 cm³/mol. The minimum absolute atomic E-state index is 0.231. The van der Waals surface area contributed by atoms with Gasteiger partial charge in [-0.2, -0.15) is 0 Å². The van der Waals surface area contributed by atoms with Crippen LogP contribution in [0.25, 0.3) is 0 Å². The summed E-state index contributed by atoms with van der Waals surface area (Å²) in [6, 6.07) is 0. The average Bonchev–Trinajstić information content (AvgIpc) is 2.50. The van der Waals surface area contributed by atoms with E-state index in [0.29, 0.717) is 10.7 Å². The van der Waals surface area contributed by atoms with Crippen molar-refractivity contribution in [1.82, 2.24) is 0 Å². The lowest BCUT2D eigenvalue weighted by Gasteiger charge is -2.53. The fourth-order valence-corrected chi connectivity index (χ4v) is 4.41. The molecule has 0 aromatic heterocycles. The quantitative estimate of drug-likeness (QED) is 0.326. The first-order valence-electron chi connectivity index (χ1n) is 8.12. The Morgan fingerprint density at radius 2 is 2.05 bits per heavy atom. The number of carbonyl (C=O) groups is 1. The minimum Gasteiger partial charge on any atom is -0.462 e. The number of ether oxygens (including phenoxy) is 1. The van der Waals surface area contributed by atoms with Gasteiger partial charge in [-0.05, 0) is 49.5 Å². The predicted octanol–water partition coefficient (Wildman–Crippen LogP) is 3.93. The highest BCUT2D eigenvalue weighted by atomic mass is 79.9. The van der Waals surface area contributed by atoms with E-state index in [-0.39, 0.29) is 23.6 Å². The lowest BCUT2D eigenvalue weighted by molar-refractivity contribution is -0.441. The van der Waals surface area contributed by atoms with E-state index in [9.17, 15) is 4.79 Å². The van der Waals surface area contributed by atoms with Crippen LogP contribution in [0.2, 0.25) is 0 Å². The highest BCUT2D eigenvalue weighted by Gasteiger charge is 2.54. The van der Waals surface area contributed by atoms with Gasteiger partial charge in [0.05, 0.1) is 0 Å². The Bertz CT molecular complexity index is 477. The van der Waals surface area contributed by atoms with Gasteiger partial charge in [-0.1, -0.05) is 35.9 Å². The van der Waals surface area contributed by atoms with Gasteiger partial charge in [0, 0.05) is 11.8 Å². The van der Waals surface area contributed by atoms with Crippen LogP contribution in [0.3, 0.4) is 0 Å². The summed E-state index contributed by atoms with van der Waals surface area (Å²) in [7, 11) is 0. The van der Waals surface area contributed by atoms with Crippen LogP contribution < -0.4 is 0 Å². The van der Waals surface area contributed by atoms with Crippen molar-refractivity contribution in [3.05, 3.63) is 12.2 Å². The maximum Gasteiger partial charge on any atom is 0.302 e. The molecule has 0 radical (unpaired) electrons. The number of hydrogen-bond acceptors (Lipinski definition) is 4. The average molecular weight is 373 g/mol. The molecule has 2 heterocycles. The zero-order valence-electron chi connectivity index (χ0n) is 13.6. The highest BCUT2D eigenvalue weighted by molar-refractivity contribution is 9.09. The molecule has 2 aliphatic heterocycles. The third-order valence-electron chi connectivity index (χ3n) is 5.57. The van der Waals surface area contributed by atoms with Crippen LogP contribution in [-0.2, 0) is 19.3 Å². The molecule has 4 nitrogen and oxygen atoms in total. The lowest BCUT2D eigenvalue weighted by atomic mass is 9.63. The van der Waals surface area contributed by atoms with Crippen LogP contribution in [0, 0.1) is 11.3 Å². The maximum absolute atomic E-state index is 11.0. The topological polar surface area (TPSA) is 44.8 Å². The molecule has 4 rings (SSSR count). The van der Waals surface area contributed by atoms with Crippen molar-refractivity contribution in [2.45, 2.75) is 68.9 Å². The second kappa shape index (κ2) is 5.60. The van der Waals surface area contributed by atoms with Crippen LogP contribution in [0.15, 0.2) is 12.2 Å². The van der Waals surface area contributed by atoms with Crippen molar-refractivity contribution in [2.75, 3.05) is 6.61 Å². The fraction of sp³-hybridized carbons (Fsp3) is 0.824. The van der Waals surface area contributed by atoms with Gasteiger partial charge in [-0.25, -0.2) is 9.78 Å². The van der Waals surface area contributed by atoms with Crippen LogP contribution in [0.5, 0.6) is 0 Å².